The molecule has 0 aliphatic heterocycles. The smallest absolute Gasteiger partial charge is 0.264 e. The van der Waals surface area contributed by atoms with E-state index >= 15 is 0 Å². The van der Waals surface area contributed by atoms with Crippen molar-refractivity contribution in [3.8, 4) is 5.75 Å². The maximum absolute atomic E-state index is 13.9. The van der Waals surface area contributed by atoms with Crippen molar-refractivity contribution in [2.75, 3.05) is 24.5 Å². The Labute approximate surface area is 231 Å². The third kappa shape index (κ3) is 7.38. The molecule has 0 aromatic heterocycles. The molecule has 0 unspecified atom stereocenters. The van der Waals surface area contributed by atoms with Gasteiger partial charge in [0.25, 0.3) is 10.0 Å². The maximum Gasteiger partial charge on any atom is 0.264 e. The number of hydrogen-bond donors (Lipinski definition) is 1. The highest BCUT2D eigenvalue weighted by Crippen LogP contribution is 2.26. The second kappa shape index (κ2) is 13.3. The largest absolute Gasteiger partial charge is 0.497 e. The van der Waals surface area contributed by atoms with Gasteiger partial charge in [0.1, 0.15) is 18.3 Å². The van der Waals surface area contributed by atoms with Crippen LogP contribution in [0.3, 0.4) is 0 Å². The molecule has 39 heavy (non-hydrogen) atoms. The number of rotatable bonds is 12. The van der Waals surface area contributed by atoms with E-state index < -0.39 is 28.5 Å². The van der Waals surface area contributed by atoms with Crippen molar-refractivity contribution < 1.29 is 22.7 Å². The van der Waals surface area contributed by atoms with Crippen LogP contribution in [0.2, 0.25) is 0 Å². The highest BCUT2D eigenvalue weighted by atomic mass is 32.2. The lowest BCUT2D eigenvalue weighted by molar-refractivity contribution is -0.139. The van der Waals surface area contributed by atoms with Gasteiger partial charge in [-0.05, 0) is 74.7 Å². The van der Waals surface area contributed by atoms with E-state index in [1.165, 1.54) is 24.1 Å². The van der Waals surface area contributed by atoms with Gasteiger partial charge >= 0.3 is 0 Å². The highest BCUT2D eigenvalue weighted by Gasteiger charge is 2.32. The summed E-state index contributed by atoms with van der Waals surface area (Å²) in [6.07, 6.45) is 0.755. The quantitative estimate of drug-likeness (QED) is 0.359. The summed E-state index contributed by atoms with van der Waals surface area (Å²) in [4.78, 5) is 28.3. The van der Waals surface area contributed by atoms with Crippen molar-refractivity contribution in [1.82, 2.24) is 10.2 Å². The number of carbonyl (C=O) groups excluding carboxylic acids is 2. The number of sulfonamides is 1. The van der Waals surface area contributed by atoms with Gasteiger partial charge in [0.15, 0.2) is 0 Å². The van der Waals surface area contributed by atoms with E-state index in [9.17, 15) is 18.0 Å². The number of amides is 2. The molecule has 208 valence electrons. The van der Waals surface area contributed by atoms with E-state index in [1.807, 2.05) is 45.0 Å². The van der Waals surface area contributed by atoms with Crippen LogP contribution in [0.5, 0.6) is 5.75 Å². The Morgan fingerprint density at radius 3 is 2.18 bits per heavy atom. The SMILES string of the molecule is CCCNC(=O)[C@H](C)N(Cc1ccccc1C)C(=O)CN(c1ccc(C)cc1)S(=O)(=O)c1ccc(OC)cc1. The molecule has 0 spiro atoms. The molecule has 9 heteroatoms. The Morgan fingerprint density at radius 2 is 1.59 bits per heavy atom. The average molecular weight is 552 g/mol. The minimum absolute atomic E-state index is 0.0240. The lowest BCUT2D eigenvalue weighted by atomic mass is 10.1. The molecular weight excluding hydrogens is 514 g/mol. The summed E-state index contributed by atoms with van der Waals surface area (Å²) in [6.45, 7) is 7.62. The van der Waals surface area contributed by atoms with E-state index in [0.717, 1.165) is 27.4 Å². The van der Waals surface area contributed by atoms with E-state index in [2.05, 4.69) is 5.32 Å². The molecule has 1 atom stereocenters. The summed E-state index contributed by atoms with van der Waals surface area (Å²) in [5, 5.41) is 2.85. The molecule has 0 radical (unpaired) electrons. The maximum atomic E-state index is 13.9. The van der Waals surface area contributed by atoms with Crippen LogP contribution in [0.4, 0.5) is 5.69 Å². The normalized spacial score (nSPS) is 11.9. The summed E-state index contributed by atoms with van der Waals surface area (Å²) in [5.41, 5.74) is 3.15. The average Bonchev–Trinajstić information content (AvgIpc) is 2.94. The zero-order valence-corrected chi connectivity index (χ0v) is 24.0. The van der Waals surface area contributed by atoms with Crippen molar-refractivity contribution in [2.24, 2.45) is 0 Å². The van der Waals surface area contributed by atoms with Gasteiger partial charge in [-0.25, -0.2) is 8.42 Å². The van der Waals surface area contributed by atoms with Gasteiger partial charge in [0.2, 0.25) is 11.8 Å². The molecule has 0 fully saturated rings. The zero-order chi connectivity index (χ0) is 28.6. The molecule has 0 saturated heterocycles. The van der Waals surface area contributed by atoms with Crippen LogP contribution in [0.1, 0.15) is 37.0 Å². The van der Waals surface area contributed by atoms with Gasteiger partial charge in [-0.15, -0.1) is 0 Å². The van der Waals surface area contributed by atoms with Gasteiger partial charge in [-0.2, -0.15) is 0 Å². The number of nitrogens with zero attached hydrogens (tertiary/aromatic N) is 2. The zero-order valence-electron chi connectivity index (χ0n) is 23.2. The molecule has 0 bridgehead atoms. The predicted octanol–water partition coefficient (Wildman–Crippen LogP) is 4.45. The fourth-order valence-corrected chi connectivity index (χ4v) is 5.48. The summed E-state index contributed by atoms with van der Waals surface area (Å²) < 4.78 is 34.0. The van der Waals surface area contributed by atoms with Crippen LogP contribution < -0.4 is 14.4 Å². The molecule has 3 aromatic carbocycles. The van der Waals surface area contributed by atoms with Crippen molar-refractivity contribution in [3.63, 3.8) is 0 Å². The van der Waals surface area contributed by atoms with Gasteiger partial charge in [0, 0.05) is 13.1 Å². The number of carbonyl (C=O) groups is 2. The summed E-state index contributed by atoms with van der Waals surface area (Å²) in [6, 6.07) is 19.8. The predicted molar refractivity (Wildman–Crippen MR) is 153 cm³/mol. The van der Waals surface area contributed by atoms with E-state index in [1.54, 1.807) is 43.3 Å². The van der Waals surface area contributed by atoms with Gasteiger partial charge in [0.05, 0.1) is 17.7 Å². The number of nitrogens with one attached hydrogen (secondary N) is 1. The number of methoxy groups -OCH3 is 1. The molecule has 3 aromatic rings. The molecular formula is C30H37N3O5S. The first-order chi connectivity index (χ1) is 18.6. The molecule has 8 nitrogen and oxygen atoms in total. The minimum Gasteiger partial charge on any atom is -0.497 e. The second-order valence-corrected chi connectivity index (χ2v) is 11.3. The van der Waals surface area contributed by atoms with Crippen LogP contribution in [-0.4, -0.2) is 51.4 Å². The van der Waals surface area contributed by atoms with Gasteiger partial charge in [-0.1, -0.05) is 48.9 Å². The van der Waals surface area contributed by atoms with E-state index in [4.69, 9.17) is 4.74 Å². The van der Waals surface area contributed by atoms with Crippen molar-refractivity contribution >= 4 is 27.5 Å². The Morgan fingerprint density at radius 1 is 0.949 bits per heavy atom. The molecule has 0 saturated carbocycles. The van der Waals surface area contributed by atoms with Crippen LogP contribution in [-0.2, 0) is 26.2 Å². The van der Waals surface area contributed by atoms with Crippen molar-refractivity contribution in [3.05, 3.63) is 89.5 Å². The first-order valence-electron chi connectivity index (χ1n) is 12.9. The minimum atomic E-state index is -4.13. The standard InChI is InChI=1S/C30H37N3O5S/c1-6-19-31-30(35)24(4)32(20-25-10-8-7-9-23(25)3)29(34)21-33(26-13-11-22(2)12-14-26)39(36,37)28-17-15-27(38-5)16-18-28/h7-18,24H,6,19-21H2,1-5H3,(H,31,35)/t24-/m0/s1. The van der Waals surface area contributed by atoms with E-state index in [-0.39, 0.29) is 17.3 Å². The molecule has 0 aliphatic carbocycles. The van der Waals surface area contributed by atoms with Crippen LogP contribution >= 0.6 is 0 Å². The lowest BCUT2D eigenvalue weighted by Gasteiger charge is -2.32. The summed E-state index contributed by atoms with van der Waals surface area (Å²) in [7, 11) is -2.63. The summed E-state index contributed by atoms with van der Waals surface area (Å²) in [5.74, 6) is -0.267. The monoisotopic (exact) mass is 551 g/mol. The number of hydrogen-bond acceptors (Lipinski definition) is 5. The third-order valence-electron chi connectivity index (χ3n) is 6.57. The van der Waals surface area contributed by atoms with Gasteiger partial charge in [-0.3, -0.25) is 13.9 Å². The third-order valence-corrected chi connectivity index (χ3v) is 8.35. The van der Waals surface area contributed by atoms with E-state index in [0.29, 0.717) is 18.0 Å². The Hall–Kier alpha value is -3.85. The topological polar surface area (TPSA) is 96.0 Å². The number of aryl methyl sites for hydroxylation is 2. The fraction of sp³-hybridized carbons (Fsp3) is 0.333. The Kier molecular flexibility index (Phi) is 10.1. The van der Waals surface area contributed by atoms with Crippen LogP contribution in [0, 0.1) is 13.8 Å². The fourth-order valence-electron chi connectivity index (χ4n) is 4.06. The number of anilines is 1. The van der Waals surface area contributed by atoms with Crippen molar-refractivity contribution in [2.45, 2.75) is 51.6 Å². The lowest BCUT2D eigenvalue weighted by Crippen LogP contribution is -2.51. The Balaban J connectivity index is 2.02. The first kappa shape index (κ1) is 29.7. The molecule has 2 amide bonds. The van der Waals surface area contributed by atoms with Gasteiger partial charge < -0.3 is 15.0 Å². The number of benzene rings is 3. The number of ether oxygens (including phenoxy) is 1. The molecule has 0 aliphatic rings. The molecule has 1 N–H and O–H groups in total. The summed E-state index contributed by atoms with van der Waals surface area (Å²) >= 11 is 0. The molecule has 3 rings (SSSR count). The van der Waals surface area contributed by atoms with Crippen molar-refractivity contribution in [1.29, 1.82) is 0 Å². The second-order valence-electron chi connectivity index (χ2n) is 9.44. The molecule has 0 heterocycles. The van der Waals surface area contributed by atoms with Crippen LogP contribution in [0.15, 0.2) is 77.7 Å². The first-order valence-corrected chi connectivity index (χ1v) is 14.4. The highest BCUT2D eigenvalue weighted by molar-refractivity contribution is 7.92. The Bertz CT molecular complexity index is 1370. The van der Waals surface area contributed by atoms with Crippen LogP contribution in [0.25, 0.3) is 0 Å².